The Bertz CT molecular complexity index is 902. The molecule has 1 amide bonds. The predicted molar refractivity (Wildman–Crippen MR) is 122 cm³/mol. The van der Waals surface area contributed by atoms with Gasteiger partial charge in [0.25, 0.3) is 0 Å². The van der Waals surface area contributed by atoms with Gasteiger partial charge in [0.05, 0.1) is 12.0 Å². The first-order chi connectivity index (χ1) is 14.7. The third kappa shape index (κ3) is 4.71. The van der Waals surface area contributed by atoms with Crippen LogP contribution in [0.5, 0.6) is 0 Å². The van der Waals surface area contributed by atoms with Crippen LogP contribution in [0.2, 0.25) is 0 Å². The van der Waals surface area contributed by atoms with E-state index in [0.717, 1.165) is 48.4 Å². The molecule has 154 valence electrons. The lowest BCUT2D eigenvalue weighted by atomic mass is 9.90. The van der Waals surface area contributed by atoms with Crippen molar-refractivity contribution in [2.75, 3.05) is 30.4 Å². The quantitative estimate of drug-likeness (QED) is 0.628. The summed E-state index contributed by atoms with van der Waals surface area (Å²) in [5.74, 6) is -0.380. The van der Waals surface area contributed by atoms with E-state index < -0.39 is 0 Å². The van der Waals surface area contributed by atoms with E-state index in [2.05, 4.69) is 22.3 Å². The maximum Gasteiger partial charge on any atom is 0.236 e. The minimum absolute atomic E-state index is 0.0300. The lowest BCUT2D eigenvalue weighted by molar-refractivity contribution is -0.116. The Morgan fingerprint density at radius 2 is 1.53 bits per heavy atom. The van der Waals surface area contributed by atoms with E-state index in [1.807, 2.05) is 72.8 Å². The Kier molecular flexibility index (Phi) is 6.45. The van der Waals surface area contributed by atoms with E-state index in [1.54, 1.807) is 7.11 Å². The summed E-state index contributed by atoms with van der Waals surface area (Å²) in [6.07, 6.45) is 2.53. The van der Waals surface area contributed by atoms with Gasteiger partial charge < -0.3 is 15.0 Å². The maximum absolute atomic E-state index is 13.2. The van der Waals surface area contributed by atoms with Crippen LogP contribution in [0.4, 0.5) is 11.4 Å². The molecule has 0 saturated carbocycles. The van der Waals surface area contributed by atoms with Gasteiger partial charge in [0.1, 0.15) is 0 Å². The predicted octanol–water partition coefficient (Wildman–Crippen LogP) is 5.07. The second-order valence-electron chi connectivity index (χ2n) is 7.74. The molecule has 3 aromatic carbocycles. The first-order valence-corrected chi connectivity index (χ1v) is 10.5. The van der Waals surface area contributed by atoms with E-state index in [1.165, 1.54) is 0 Å². The van der Waals surface area contributed by atoms with Gasteiger partial charge in [-0.15, -0.1) is 0 Å². The third-order valence-corrected chi connectivity index (χ3v) is 5.74. The average molecular weight is 401 g/mol. The Hall–Kier alpha value is -3.11. The van der Waals surface area contributed by atoms with Gasteiger partial charge >= 0.3 is 0 Å². The van der Waals surface area contributed by atoms with Crippen molar-refractivity contribution < 1.29 is 9.53 Å². The summed E-state index contributed by atoms with van der Waals surface area (Å²) in [6, 6.07) is 28.0. The highest BCUT2D eigenvalue weighted by Gasteiger charge is 2.23. The summed E-state index contributed by atoms with van der Waals surface area (Å²) >= 11 is 0. The molecule has 0 spiro atoms. The lowest BCUT2D eigenvalue weighted by Gasteiger charge is -2.33. The molecule has 1 N–H and O–H groups in total. The number of hydrogen-bond acceptors (Lipinski definition) is 3. The molecule has 1 aliphatic heterocycles. The highest BCUT2D eigenvalue weighted by molar-refractivity contribution is 5.98. The summed E-state index contributed by atoms with van der Waals surface area (Å²) in [7, 11) is 1.78. The summed E-state index contributed by atoms with van der Waals surface area (Å²) in [5, 5.41) is 3.11. The van der Waals surface area contributed by atoms with Crippen molar-refractivity contribution in [3.63, 3.8) is 0 Å². The Morgan fingerprint density at radius 1 is 0.933 bits per heavy atom. The molecule has 4 nitrogen and oxygen atoms in total. The molecule has 1 atom stereocenters. The maximum atomic E-state index is 13.2. The number of benzene rings is 3. The number of methoxy groups -OCH3 is 1. The molecule has 1 unspecified atom stereocenters. The zero-order valence-corrected chi connectivity index (χ0v) is 17.3. The standard InChI is InChI=1S/C26H28N2O2/c1-30-24-13-8-18-28(19-24)23-16-14-22(15-17-23)27-26(29)25(20-9-4-2-5-10-20)21-11-6-3-7-12-21/h2-7,9-12,14-17,24-25H,8,13,18-19H2,1H3,(H,27,29). The van der Waals surface area contributed by atoms with Crippen molar-refractivity contribution >= 4 is 17.3 Å². The Balaban J connectivity index is 1.50. The fraction of sp³-hybridized carbons (Fsp3) is 0.269. The fourth-order valence-corrected chi connectivity index (χ4v) is 4.12. The van der Waals surface area contributed by atoms with Crippen molar-refractivity contribution in [2.45, 2.75) is 24.9 Å². The van der Waals surface area contributed by atoms with Crippen LogP contribution in [-0.2, 0) is 9.53 Å². The molecule has 0 radical (unpaired) electrons. The van der Waals surface area contributed by atoms with Crippen LogP contribution in [0.15, 0.2) is 84.9 Å². The number of nitrogens with zero attached hydrogens (tertiary/aromatic N) is 1. The van der Waals surface area contributed by atoms with Crippen LogP contribution in [-0.4, -0.2) is 32.2 Å². The topological polar surface area (TPSA) is 41.6 Å². The number of piperidine rings is 1. The number of amides is 1. The fourth-order valence-electron chi connectivity index (χ4n) is 4.12. The van der Waals surface area contributed by atoms with Crippen molar-refractivity contribution in [3.8, 4) is 0 Å². The van der Waals surface area contributed by atoms with Crippen molar-refractivity contribution in [1.82, 2.24) is 0 Å². The summed E-state index contributed by atoms with van der Waals surface area (Å²) < 4.78 is 5.53. The summed E-state index contributed by atoms with van der Waals surface area (Å²) in [6.45, 7) is 1.95. The first-order valence-electron chi connectivity index (χ1n) is 10.5. The van der Waals surface area contributed by atoms with E-state index >= 15 is 0 Å². The minimum Gasteiger partial charge on any atom is -0.380 e. The molecule has 3 aromatic rings. The van der Waals surface area contributed by atoms with E-state index in [0.29, 0.717) is 0 Å². The highest BCUT2D eigenvalue weighted by Crippen LogP contribution is 2.27. The van der Waals surface area contributed by atoms with Gasteiger partial charge in [0.15, 0.2) is 0 Å². The normalized spacial score (nSPS) is 16.5. The van der Waals surface area contributed by atoms with Gasteiger partial charge in [-0.2, -0.15) is 0 Å². The third-order valence-electron chi connectivity index (χ3n) is 5.74. The molecular weight excluding hydrogens is 372 g/mol. The van der Waals surface area contributed by atoms with Gasteiger partial charge in [-0.25, -0.2) is 0 Å². The number of rotatable bonds is 6. The van der Waals surface area contributed by atoms with Crippen LogP contribution in [0.25, 0.3) is 0 Å². The van der Waals surface area contributed by atoms with Crippen LogP contribution in [0.3, 0.4) is 0 Å². The van der Waals surface area contributed by atoms with Crippen LogP contribution in [0.1, 0.15) is 29.9 Å². The molecule has 1 heterocycles. The van der Waals surface area contributed by atoms with E-state index in [9.17, 15) is 4.79 Å². The molecule has 1 saturated heterocycles. The molecule has 4 heteroatoms. The second kappa shape index (κ2) is 9.59. The number of anilines is 2. The van der Waals surface area contributed by atoms with E-state index in [4.69, 9.17) is 4.74 Å². The van der Waals surface area contributed by atoms with E-state index in [-0.39, 0.29) is 17.9 Å². The molecule has 1 aliphatic rings. The van der Waals surface area contributed by atoms with Gasteiger partial charge in [0.2, 0.25) is 5.91 Å². The second-order valence-corrected chi connectivity index (χ2v) is 7.74. The molecular formula is C26H28N2O2. The molecule has 1 fully saturated rings. The van der Waals surface area contributed by atoms with Gasteiger partial charge in [-0.05, 0) is 48.2 Å². The molecule has 0 aliphatic carbocycles. The summed E-state index contributed by atoms with van der Waals surface area (Å²) in [5.41, 5.74) is 3.94. The van der Waals surface area contributed by atoms with Crippen molar-refractivity contribution in [3.05, 3.63) is 96.1 Å². The largest absolute Gasteiger partial charge is 0.380 e. The van der Waals surface area contributed by atoms with Crippen LogP contribution in [0, 0.1) is 0 Å². The molecule has 0 aromatic heterocycles. The Labute approximate surface area is 178 Å². The van der Waals surface area contributed by atoms with Crippen molar-refractivity contribution in [1.29, 1.82) is 0 Å². The summed E-state index contributed by atoms with van der Waals surface area (Å²) in [4.78, 5) is 15.6. The highest BCUT2D eigenvalue weighted by atomic mass is 16.5. The number of carbonyl (C=O) groups excluding carboxylic acids is 1. The van der Waals surface area contributed by atoms with Gasteiger partial charge in [-0.1, -0.05) is 60.7 Å². The van der Waals surface area contributed by atoms with Crippen LogP contribution < -0.4 is 10.2 Å². The number of ether oxygens (including phenoxy) is 1. The lowest BCUT2D eigenvalue weighted by Crippen LogP contribution is -2.39. The zero-order chi connectivity index (χ0) is 20.8. The number of carbonyl (C=O) groups is 1. The monoisotopic (exact) mass is 400 g/mol. The van der Waals surface area contributed by atoms with Crippen molar-refractivity contribution in [2.24, 2.45) is 0 Å². The van der Waals surface area contributed by atoms with Gasteiger partial charge in [0, 0.05) is 31.6 Å². The first kappa shape index (κ1) is 20.2. The Morgan fingerprint density at radius 3 is 2.10 bits per heavy atom. The number of hydrogen-bond donors (Lipinski definition) is 1. The SMILES string of the molecule is COC1CCCN(c2ccc(NC(=O)C(c3ccccc3)c3ccccc3)cc2)C1. The number of nitrogens with one attached hydrogen (secondary N) is 1. The zero-order valence-electron chi connectivity index (χ0n) is 17.3. The minimum atomic E-state index is -0.350. The van der Waals surface area contributed by atoms with Gasteiger partial charge in [-0.3, -0.25) is 4.79 Å². The molecule has 0 bridgehead atoms. The van der Waals surface area contributed by atoms with Crippen LogP contribution >= 0.6 is 0 Å². The molecule has 30 heavy (non-hydrogen) atoms. The smallest absolute Gasteiger partial charge is 0.236 e. The molecule has 4 rings (SSSR count). The average Bonchev–Trinajstić information content (AvgIpc) is 2.81.